The number of nitrogens with one attached hydrogen (secondary N) is 2. The molecule has 1 atom stereocenters. The van der Waals surface area contributed by atoms with Crippen LogP contribution in [-0.4, -0.2) is 50.5 Å². The summed E-state index contributed by atoms with van der Waals surface area (Å²) in [6, 6.07) is 6.49. The van der Waals surface area contributed by atoms with Crippen LogP contribution in [0.25, 0.3) is 0 Å². The van der Waals surface area contributed by atoms with Crippen LogP contribution in [0.2, 0.25) is 0 Å². The highest BCUT2D eigenvalue weighted by Gasteiger charge is 2.37. The SMILES string of the molecule is O=C(NCc1ccco1)C(=O)NC[C@@H]1OCCN1S(=O)(=O)c1cccs1. The van der Waals surface area contributed by atoms with Gasteiger partial charge in [0.05, 0.1) is 26.0 Å². The van der Waals surface area contributed by atoms with E-state index in [1.165, 1.54) is 16.6 Å². The zero-order valence-electron chi connectivity index (χ0n) is 13.6. The summed E-state index contributed by atoms with van der Waals surface area (Å²) in [7, 11) is -3.69. The minimum atomic E-state index is -3.69. The monoisotopic (exact) mass is 399 g/mol. The van der Waals surface area contributed by atoms with Gasteiger partial charge in [-0.05, 0) is 23.6 Å². The van der Waals surface area contributed by atoms with Gasteiger partial charge in [0.15, 0.2) is 0 Å². The van der Waals surface area contributed by atoms with E-state index >= 15 is 0 Å². The molecule has 11 heteroatoms. The predicted octanol–water partition coefficient (Wildman–Crippen LogP) is 0.121. The van der Waals surface area contributed by atoms with Crippen LogP contribution in [0.4, 0.5) is 0 Å². The lowest BCUT2D eigenvalue weighted by Crippen LogP contribution is -2.47. The number of ether oxygens (including phenoxy) is 1. The van der Waals surface area contributed by atoms with Gasteiger partial charge in [-0.2, -0.15) is 4.31 Å². The maximum absolute atomic E-state index is 12.6. The molecule has 1 fully saturated rings. The number of carbonyl (C=O) groups is 2. The van der Waals surface area contributed by atoms with Crippen molar-refractivity contribution in [3.05, 3.63) is 41.7 Å². The van der Waals surface area contributed by atoms with E-state index in [2.05, 4.69) is 10.6 Å². The Kier molecular flexibility index (Phi) is 5.71. The molecule has 3 rings (SSSR count). The smallest absolute Gasteiger partial charge is 0.309 e. The van der Waals surface area contributed by atoms with Gasteiger partial charge in [-0.3, -0.25) is 9.59 Å². The highest BCUT2D eigenvalue weighted by Crippen LogP contribution is 2.25. The second-order valence-corrected chi connectivity index (χ2v) is 8.41. The summed E-state index contributed by atoms with van der Waals surface area (Å²) >= 11 is 1.11. The predicted molar refractivity (Wildman–Crippen MR) is 91.5 cm³/mol. The second-order valence-electron chi connectivity index (χ2n) is 5.35. The van der Waals surface area contributed by atoms with Gasteiger partial charge in [-0.25, -0.2) is 8.42 Å². The van der Waals surface area contributed by atoms with Crippen molar-refractivity contribution >= 4 is 33.2 Å². The molecule has 1 aliphatic rings. The molecule has 2 aromatic rings. The Labute approximate surface area is 154 Å². The van der Waals surface area contributed by atoms with Crippen molar-refractivity contribution in [2.24, 2.45) is 0 Å². The van der Waals surface area contributed by atoms with Crippen molar-refractivity contribution in [1.82, 2.24) is 14.9 Å². The molecule has 26 heavy (non-hydrogen) atoms. The Morgan fingerprint density at radius 1 is 1.23 bits per heavy atom. The largest absolute Gasteiger partial charge is 0.467 e. The fraction of sp³-hybridized carbons (Fsp3) is 0.333. The summed E-state index contributed by atoms with van der Waals surface area (Å²) in [6.07, 6.45) is 0.602. The summed E-state index contributed by atoms with van der Waals surface area (Å²) in [6.45, 7) is 0.358. The zero-order valence-corrected chi connectivity index (χ0v) is 15.2. The fourth-order valence-electron chi connectivity index (χ4n) is 2.39. The number of furan rings is 1. The lowest BCUT2D eigenvalue weighted by Gasteiger charge is -2.22. The number of carbonyl (C=O) groups excluding carboxylic acids is 2. The third-order valence-electron chi connectivity index (χ3n) is 3.65. The van der Waals surface area contributed by atoms with Gasteiger partial charge in [0.2, 0.25) is 0 Å². The Morgan fingerprint density at radius 2 is 2.04 bits per heavy atom. The van der Waals surface area contributed by atoms with Crippen LogP contribution in [-0.2, 0) is 30.9 Å². The molecule has 3 heterocycles. The lowest BCUT2D eigenvalue weighted by atomic mass is 10.4. The molecule has 140 valence electrons. The summed E-state index contributed by atoms with van der Waals surface area (Å²) in [4.78, 5) is 23.6. The van der Waals surface area contributed by atoms with Gasteiger partial charge >= 0.3 is 11.8 Å². The highest BCUT2D eigenvalue weighted by atomic mass is 32.2. The molecule has 2 N–H and O–H groups in total. The third-order valence-corrected chi connectivity index (χ3v) is 6.91. The van der Waals surface area contributed by atoms with E-state index in [1.807, 2.05) is 0 Å². The van der Waals surface area contributed by atoms with E-state index in [0.717, 1.165) is 11.3 Å². The van der Waals surface area contributed by atoms with Crippen molar-refractivity contribution in [3.8, 4) is 0 Å². The first kappa shape index (κ1) is 18.6. The van der Waals surface area contributed by atoms with Crippen molar-refractivity contribution < 1.29 is 27.2 Å². The Hall–Kier alpha value is -2.21. The van der Waals surface area contributed by atoms with Gasteiger partial charge in [-0.1, -0.05) is 6.07 Å². The van der Waals surface area contributed by atoms with Crippen LogP contribution in [0.3, 0.4) is 0 Å². The quantitative estimate of drug-likeness (QED) is 0.666. The number of sulfonamides is 1. The van der Waals surface area contributed by atoms with E-state index in [-0.39, 0.29) is 30.5 Å². The molecular weight excluding hydrogens is 382 g/mol. The molecule has 1 aliphatic heterocycles. The standard InChI is InChI=1S/C15H17N3O6S2/c19-14(16-9-11-3-1-6-23-11)15(20)17-10-12-18(5-7-24-12)26(21,22)13-4-2-8-25-13/h1-4,6,8,12H,5,7,9-10H2,(H,16,19)(H,17,20)/t12-/m0/s1. The lowest BCUT2D eigenvalue weighted by molar-refractivity contribution is -0.139. The first-order valence-corrected chi connectivity index (χ1v) is 10.1. The van der Waals surface area contributed by atoms with Crippen LogP contribution in [0.1, 0.15) is 5.76 Å². The Bertz CT molecular complexity index is 848. The normalized spacial score (nSPS) is 17.9. The van der Waals surface area contributed by atoms with E-state index in [1.54, 1.807) is 23.6 Å². The average Bonchev–Trinajstić information content (AvgIpc) is 3.39. The van der Waals surface area contributed by atoms with Crippen LogP contribution >= 0.6 is 11.3 Å². The van der Waals surface area contributed by atoms with Crippen molar-refractivity contribution in [2.75, 3.05) is 19.7 Å². The Balaban J connectivity index is 1.53. The molecule has 1 saturated heterocycles. The maximum atomic E-state index is 12.6. The molecule has 0 radical (unpaired) electrons. The first-order chi connectivity index (χ1) is 12.5. The minimum absolute atomic E-state index is 0.0814. The average molecular weight is 399 g/mol. The number of thiophene rings is 1. The molecule has 2 amide bonds. The summed E-state index contributed by atoms with van der Waals surface area (Å²) in [5.41, 5.74) is 0. The molecular formula is C15H17N3O6S2. The molecule has 0 aliphatic carbocycles. The van der Waals surface area contributed by atoms with Gasteiger partial charge in [0, 0.05) is 6.54 Å². The van der Waals surface area contributed by atoms with Gasteiger partial charge in [0.1, 0.15) is 16.2 Å². The molecule has 0 spiro atoms. The van der Waals surface area contributed by atoms with E-state index in [0.29, 0.717) is 5.76 Å². The molecule has 0 unspecified atom stereocenters. The van der Waals surface area contributed by atoms with Crippen molar-refractivity contribution in [3.63, 3.8) is 0 Å². The summed E-state index contributed by atoms with van der Waals surface area (Å²) < 4.78 is 37.0. The van der Waals surface area contributed by atoms with Gasteiger partial charge in [-0.15, -0.1) is 11.3 Å². The summed E-state index contributed by atoms with van der Waals surface area (Å²) in [5, 5.41) is 6.47. The minimum Gasteiger partial charge on any atom is -0.467 e. The topological polar surface area (TPSA) is 118 Å². The van der Waals surface area contributed by atoms with Crippen LogP contribution in [0, 0.1) is 0 Å². The molecule has 9 nitrogen and oxygen atoms in total. The Morgan fingerprint density at radius 3 is 2.73 bits per heavy atom. The van der Waals surface area contributed by atoms with Gasteiger partial charge < -0.3 is 19.8 Å². The van der Waals surface area contributed by atoms with E-state index < -0.39 is 28.1 Å². The van der Waals surface area contributed by atoms with E-state index in [9.17, 15) is 18.0 Å². The molecule has 0 bridgehead atoms. The third kappa shape index (κ3) is 4.12. The number of rotatable bonds is 6. The molecule has 0 saturated carbocycles. The summed E-state index contributed by atoms with van der Waals surface area (Å²) in [5.74, 6) is -1.20. The highest BCUT2D eigenvalue weighted by molar-refractivity contribution is 7.91. The van der Waals surface area contributed by atoms with Crippen molar-refractivity contribution in [2.45, 2.75) is 17.0 Å². The number of nitrogens with zero attached hydrogens (tertiary/aromatic N) is 1. The number of hydrogen-bond acceptors (Lipinski definition) is 7. The number of amides is 2. The fourth-order valence-corrected chi connectivity index (χ4v) is 5.02. The first-order valence-electron chi connectivity index (χ1n) is 7.74. The van der Waals surface area contributed by atoms with Crippen LogP contribution < -0.4 is 10.6 Å². The molecule has 2 aromatic heterocycles. The second kappa shape index (κ2) is 7.99. The maximum Gasteiger partial charge on any atom is 0.309 e. The zero-order chi connectivity index (χ0) is 18.6. The number of hydrogen-bond donors (Lipinski definition) is 2. The van der Waals surface area contributed by atoms with Gasteiger partial charge in [0.25, 0.3) is 10.0 Å². The van der Waals surface area contributed by atoms with Crippen LogP contribution in [0.5, 0.6) is 0 Å². The molecule has 0 aromatic carbocycles. The van der Waals surface area contributed by atoms with E-state index in [4.69, 9.17) is 9.15 Å². The van der Waals surface area contributed by atoms with Crippen molar-refractivity contribution in [1.29, 1.82) is 0 Å². The van der Waals surface area contributed by atoms with Crippen LogP contribution in [0.15, 0.2) is 44.5 Å².